The predicted molar refractivity (Wildman–Crippen MR) is 119 cm³/mol. The fourth-order valence-electron chi connectivity index (χ4n) is 4.19. The van der Waals surface area contributed by atoms with Crippen LogP contribution in [0.3, 0.4) is 0 Å². The Balaban J connectivity index is 1.93. The molecule has 0 fully saturated rings. The second kappa shape index (κ2) is 10.5. The van der Waals surface area contributed by atoms with Crippen LogP contribution in [0.5, 0.6) is 11.5 Å². The van der Waals surface area contributed by atoms with Gasteiger partial charge in [-0.25, -0.2) is 9.18 Å². The summed E-state index contributed by atoms with van der Waals surface area (Å²) in [5.74, 6) is 1.12. The summed E-state index contributed by atoms with van der Waals surface area (Å²) in [4.78, 5) is 14.7. The molecule has 31 heavy (non-hydrogen) atoms. The third-order valence-corrected chi connectivity index (χ3v) is 5.69. The van der Waals surface area contributed by atoms with E-state index in [2.05, 4.69) is 15.5 Å². The molecule has 2 unspecified atom stereocenters. The molecule has 168 valence electrons. The van der Waals surface area contributed by atoms with Gasteiger partial charge < -0.3 is 20.1 Å². The maximum atomic E-state index is 13.4. The Bertz CT molecular complexity index is 888. The Labute approximate surface area is 183 Å². The molecule has 2 aromatic carbocycles. The highest BCUT2D eigenvalue weighted by Gasteiger charge is 2.33. The van der Waals surface area contributed by atoms with Crippen molar-refractivity contribution in [1.82, 2.24) is 15.5 Å². The zero-order valence-corrected chi connectivity index (χ0v) is 18.7. The van der Waals surface area contributed by atoms with Gasteiger partial charge in [-0.1, -0.05) is 19.1 Å². The van der Waals surface area contributed by atoms with E-state index in [1.807, 2.05) is 38.1 Å². The second-order valence-corrected chi connectivity index (χ2v) is 7.89. The highest BCUT2D eigenvalue weighted by atomic mass is 19.1. The van der Waals surface area contributed by atoms with Crippen molar-refractivity contribution in [3.63, 3.8) is 0 Å². The summed E-state index contributed by atoms with van der Waals surface area (Å²) in [5, 5.41) is 5.98. The maximum absolute atomic E-state index is 13.4. The van der Waals surface area contributed by atoms with Gasteiger partial charge in [0.05, 0.1) is 20.3 Å². The number of carbonyl (C=O) groups excluding carboxylic acids is 1. The smallest absolute Gasteiger partial charge is 0.315 e. The maximum Gasteiger partial charge on any atom is 0.315 e. The van der Waals surface area contributed by atoms with Gasteiger partial charge in [0, 0.05) is 25.7 Å². The molecule has 0 spiro atoms. The van der Waals surface area contributed by atoms with Crippen LogP contribution in [0.25, 0.3) is 0 Å². The molecule has 2 N–H and O–H groups in total. The van der Waals surface area contributed by atoms with Gasteiger partial charge >= 0.3 is 6.03 Å². The number of ether oxygens (including phenoxy) is 2. The number of hydrogen-bond donors (Lipinski definition) is 2. The average Bonchev–Trinajstić information content (AvgIpc) is 2.77. The fraction of sp³-hybridized carbons (Fsp3) is 0.458. The number of urea groups is 1. The summed E-state index contributed by atoms with van der Waals surface area (Å²) in [6.07, 6.45) is 1.73. The number of amides is 2. The van der Waals surface area contributed by atoms with E-state index in [1.54, 1.807) is 14.2 Å². The normalized spacial score (nSPS) is 16.9. The van der Waals surface area contributed by atoms with Crippen molar-refractivity contribution >= 4 is 6.03 Å². The van der Waals surface area contributed by atoms with Crippen molar-refractivity contribution in [1.29, 1.82) is 0 Å². The van der Waals surface area contributed by atoms with Gasteiger partial charge in [0.25, 0.3) is 0 Å². The van der Waals surface area contributed by atoms with Crippen LogP contribution in [0.15, 0.2) is 36.4 Å². The van der Waals surface area contributed by atoms with Gasteiger partial charge in [-0.2, -0.15) is 0 Å². The molecule has 1 heterocycles. The van der Waals surface area contributed by atoms with E-state index in [4.69, 9.17) is 9.47 Å². The van der Waals surface area contributed by atoms with Crippen LogP contribution >= 0.6 is 0 Å². The first kappa shape index (κ1) is 22.9. The first-order valence-corrected chi connectivity index (χ1v) is 10.7. The van der Waals surface area contributed by atoms with Crippen molar-refractivity contribution in [2.75, 3.05) is 27.3 Å². The van der Waals surface area contributed by atoms with E-state index in [-0.39, 0.29) is 23.9 Å². The highest BCUT2D eigenvalue weighted by molar-refractivity contribution is 5.74. The summed E-state index contributed by atoms with van der Waals surface area (Å²) in [6.45, 7) is 6.13. The number of nitrogens with one attached hydrogen (secondary N) is 2. The molecule has 2 amide bonds. The summed E-state index contributed by atoms with van der Waals surface area (Å²) >= 11 is 0. The number of halogens is 1. The van der Waals surface area contributed by atoms with Crippen LogP contribution in [0.4, 0.5) is 9.18 Å². The largest absolute Gasteiger partial charge is 0.493 e. The number of nitrogens with zero attached hydrogens (tertiary/aromatic N) is 1. The third-order valence-electron chi connectivity index (χ3n) is 5.69. The molecule has 1 aliphatic heterocycles. The van der Waals surface area contributed by atoms with Crippen molar-refractivity contribution in [3.05, 3.63) is 58.9 Å². The third kappa shape index (κ3) is 5.47. The SMILES string of the molecule is CCCNC(=O)NC(C)C1c2cc(OC)c(OC)cc2CCN1Cc1ccc(F)cc1. The van der Waals surface area contributed by atoms with Gasteiger partial charge in [-0.3, -0.25) is 4.90 Å². The quantitative estimate of drug-likeness (QED) is 0.665. The summed E-state index contributed by atoms with van der Waals surface area (Å²) < 4.78 is 24.4. The van der Waals surface area contributed by atoms with Crippen LogP contribution in [-0.4, -0.2) is 44.3 Å². The predicted octanol–water partition coefficient (Wildman–Crippen LogP) is 4.04. The monoisotopic (exact) mass is 429 g/mol. The van der Waals surface area contributed by atoms with Crippen LogP contribution in [0.2, 0.25) is 0 Å². The number of benzene rings is 2. The first-order valence-electron chi connectivity index (χ1n) is 10.7. The van der Waals surface area contributed by atoms with Crippen molar-refractivity contribution in [3.8, 4) is 11.5 Å². The molecule has 3 rings (SSSR count). The molecule has 0 aromatic heterocycles. The van der Waals surface area contributed by atoms with E-state index in [9.17, 15) is 9.18 Å². The van der Waals surface area contributed by atoms with E-state index >= 15 is 0 Å². The molecule has 0 bridgehead atoms. The zero-order valence-electron chi connectivity index (χ0n) is 18.7. The van der Waals surface area contributed by atoms with Crippen LogP contribution in [-0.2, 0) is 13.0 Å². The van der Waals surface area contributed by atoms with Crippen molar-refractivity contribution in [2.45, 2.75) is 45.3 Å². The minimum absolute atomic E-state index is 0.0685. The first-order chi connectivity index (χ1) is 15.0. The van der Waals surface area contributed by atoms with Crippen LogP contribution in [0.1, 0.15) is 43.0 Å². The van der Waals surface area contributed by atoms with E-state index in [1.165, 1.54) is 17.7 Å². The Morgan fingerprint density at radius 2 is 1.87 bits per heavy atom. The Morgan fingerprint density at radius 1 is 1.19 bits per heavy atom. The summed E-state index contributed by atoms with van der Waals surface area (Å²) in [5.41, 5.74) is 3.31. The number of fused-ring (bicyclic) bond motifs is 1. The van der Waals surface area contributed by atoms with Gasteiger partial charge in [-0.05, 0) is 60.7 Å². The minimum Gasteiger partial charge on any atom is -0.493 e. The lowest BCUT2D eigenvalue weighted by Gasteiger charge is -2.41. The fourth-order valence-corrected chi connectivity index (χ4v) is 4.19. The highest BCUT2D eigenvalue weighted by Crippen LogP contribution is 2.40. The van der Waals surface area contributed by atoms with Gasteiger partial charge in [0.1, 0.15) is 5.82 Å². The molecule has 1 aliphatic rings. The molecule has 0 aliphatic carbocycles. The van der Waals surface area contributed by atoms with Gasteiger partial charge in [-0.15, -0.1) is 0 Å². The van der Waals surface area contributed by atoms with E-state index < -0.39 is 0 Å². The van der Waals surface area contributed by atoms with E-state index in [0.717, 1.165) is 30.5 Å². The molecule has 0 saturated heterocycles. The topological polar surface area (TPSA) is 62.8 Å². The lowest BCUT2D eigenvalue weighted by molar-refractivity contribution is 0.143. The van der Waals surface area contributed by atoms with E-state index in [0.29, 0.717) is 24.6 Å². The standard InChI is InChI=1S/C24H32FN3O3/c1-5-11-26-24(29)27-16(2)23-20-14-22(31-4)21(30-3)13-18(20)10-12-28(23)15-17-6-8-19(25)9-7-17/h6-9,13-14,16,23H,5,10-12,15H2,1-4H3,(H2,26,27,29). The summed E-state index contributed by atoms with van der Waals surface area (Å²) in [7, 11) is 3.26. The number of carbonyl (C=O) groups is 1. The number of hydrogen-bond acceptors (Lipinski definition) is 4. The minimum atomic E-state index is -0.247. The molecule has 6 nitrogen and oxygen atoms in total. The summed E-state index contributed by atoms with van der Waals surface area (Å²) in [6, 6.07) is 10.2. The zero-order chi connectivity index (χ0) is 22.4. The molecular weight excluding hydrogens is 397 g/mol. The number of methoxy groups -OCH3 is 2. The van der Waals surface area contributed by atoms with Crippen LogP contribution < -0.4 is 20.1 Å². The van der Waals surface area contributed by atoms with Crippen molar-refractivity contribution in [2.24, 2.45) is 0 Å². The lowest BCUT2D eigenvalue weighted by atomic mass is 9.87. The second-order valence-electron chi connectivity index (χ2n) is 7.89. The molecule has 2 aromatic rings. The van der Waals surface area contributed by atoms with Crippen molar-refractivity contribution < 1.29 is 18.7 Å². The molecular formula is C24H32FN3O3. The molecule has 7 heteroatoms. The van der Waals surface area contributed by atoms with Crippen LogP contribution in [0, 0.1) is 5.82 Å². The molecule has 0 saturated carbocycles. The number of rotatable bonds is 8. The average molecular weight is 430 g/mol. The Hall–Kier alpha value is -2.80. The van der Waals surface area contributed by atoms with Gasteiger partial charge in [0.15, 0.2) is 11.5 Å². The lowest BCUT2D eigenvalue weighted by Crippen LogP contribution is -2.49. The van der Waals surface area contributed by atoms with Gasteiger partial charge in [0.2, 0.25) is 0 Å². The Morgan fingerprint density at radius 3 is 2.52 bits per heavy atom. The molecule has 2 atom stereocenters. The molecule has 0 radical (unpaired) electrons. The Kier molecular flexibility index (Phi) is 7.74.